The van der Waals surface area contributed by atoms with E-state index in [1.54, 1.807) is 62.7 Å². The van der Waals surface area contributed by atoms with Crippen molar-refractivity contribution in [2.24, 2.45) is 7.05 Å². The molecule has 0 bridgehead atoms. The molecule has 8 nitrogen and oxygen atoms in total. The van der Waals surface area contributed by atoms with Gasteiger partial charge in [0, 0.05) is 42.7 Å². The maximum Gasteiger partial charge on any atom is 0.212 e. The van der Waals surface area contributed by atoms with Crippen LogP contribution >= 0.6 is 0 Å². The van der Waals surface area contributed by atoms with E-state index >= 15 is 0 Å². The Morgan fingerprint density at radius 1 is 1.03 bits per heavy atom. The molecule has 0 spiro atoms. The van der Waals surface area contributed by atoms with Gasteiger partial charge in [-0.1, -0.05) is 30.3 Å². The molecule has 8 heteroatoms. The summed E-state index contributed by atoms with van der Waals surface area (Å²) in [5.41, 5.74) is 3.34. The van der Waals surface area contributed by atoms with Gasteiger partial charge >= 0.3 is 0 Å². The maximum atomic E-state index is 13.8. The number of nitrogens with zero attached hydrogens (tertiary/aromatic N) is 4. The number of ketones is 1. The molecule has 1 N–H and O–H groups in total. The highest BCUT2D eigenvalue weighted by atomic mass is 16.5. The summed E-state index contributed by atoms with van der Waals surface area (Å²) < 4.78 is 12.1. The Kier molecular flexibility index (Phi) is 6.12. The number of nitrogens with one attached hydrogen (secondary N) is 1. The van der Waals surface area contributed by atoms with E-state index in [4.69, 9.17) is 9.47 Å². The van der Waals surface area contributed by atoms with E-state index < -0.39 is 6.04 Å². The minimum absolute atomic E-state index is 0.195. The molecule has 4 rings (SSSR count). The van der Waals surface area contributed by atoms with Crippen LogP contribution in [-0.4, -0.2) is 39.8 Å². The van der Waals surface area contributed by atoms with Crippen LogP contribution in [-0.2, 0) is 7.05 Å². The molecule has 0 radical (unpaired) electrons. The predicted octanol–water partition coefficient (Wildman–Crippen LogP) is 3.93. The zero-order valence-electron chi connectivity index (χ0n) is 18.0. The van der Waals surface area contributed by atoms with Crippen LogP contribution in [0.1, 0.15) is 22.1 Å². The van der Waals surface area contributed by atoms with Gasteiger partial charge in [0.15, 0.2) is 0 Å². The van der Waals surface area contributed by atoms with Crippen molar-refractivity contribution in [3.8, 4) is 22.8 Å². The number of aryl methyl sites for hydroxylation is 1. The van der Waals surface area contributed by atoms with Crippen LogP contribution < -0.4 is 14.8 Å². The second-order valence-corrected chi connectivity index (χ2v) is 7.12. The van der Waals surface area contributed by atoms with Crippen molar-refractivity contribution in [2.45, 2.75) is 6.04 Å². The smallest absolute Gasteiger partial charge is 0.212 e. The average molecular weight is 429 g/mol. The van der Waals surface area contributed by atoms with Gasteiger partial charge in [-0.15, -0.1) is 0 Å². The van der Waals surface area contributed by atoms with Crippen molar-refractivity contribution in [2.75, 3.05) is 19.5 Å². The molecule has 0 aliphatic rings. The number of hydrogen-bond donors (Lipinski definition) is 1. The van der Waals surface area contributed by atoms with Gasteiger partial charge in [0.1, 0.15) is 17.5 Å². The molecule has 0 saturated carbocycles. The topological polar surface area (TPSA) is 91.2 Å². The van der Waals surface area contributed by atoms with Crippen LogP contribution in [0.15, 0.2) is 73.3 Å². The third kappa shape index (κ3) is 4.44. The van der Waals surface area contributed by atoms with Crippen LogP contribution in [0.5, 0.6) is 11.6 Å². The van der Waals surface area contributed by atoms with E-state index in [0.717, 1.165) is 11.1 Å². The number of rotatable bonds is 8. The molecule has 3 aromatic heterocycles. The Hall–Kier alpha value is -4.20. The van der Waals surface area contributed by atoms with Crippen LogP contribution in [0, 0.1) is 0 Å². The van der Waals surface area contributed by atoms with E-state index in [0.29, 0.717) is 28.6 Å². The summed E-state index contributed by atoms with van der Waals surface area (Å²) >= 11 is 0. The van der Waals surface area contributed by atoms with Crippen molar-refractivity contribution >= 4 is 11.5 Å². The molecule has 3 heterocycles. The van der Waals surface area contributed by atoms with Crippen LogP contribution in [0.3, 0.4) is 0 Å². The molecule has 1 atom stereocenters. The number of anilines is 1. The Bertz CT molecular complexity index is 1210. The highest BCUT2D eigenvalue weighted by molar-refractivity contribution is 6.05. The number of hydrogen-bond acceptors (Lipinski definition) is 7. The minimum Gasteiger partial charge on any atom is -0.495 e. The average Bonchev–Trinajstić information content (AvgIpc) is 3.24. The highest BCUT2D eigenvalue weighted by Gasteiger charge is 2.28. The number of pyridine rings is 2. The number of methoxy groups -OCH3 is 2. The third-order valence-corrected chi connectivity index (χ3v) is 4.97. The lowest BCUT2D eigenvalue weighted by Gasteiger charge is -2.19. The third-order valence-electron chi connectivity index (χ3n) is 4.97. The fourth-order valence-electron chi connectivity index (χ4n) is 3.40. The lowest BCUT2D eigenvalue weighted by Crippen LogP contribution is -2.23. The molecular weight excluding hydrogens is 406 g/mol. The van der Waals surface area contributed by atoms with Crippen LogP contribution in [0.2, 0.25) is 0 Å². The summed E-state index contributed by atoms with van der Waals surface area (Å²) in [5, 5.41) is 7.76. The molecule has 1 aromatic carbocycles. The fourth-order valence-corrected chi connectivity index (χ4v) is 3.40. The first kappa shape index (κ1) is 21.0. The molecule has 0 aliphatic carbocycles. The zero-order valence-corrected chi connectivity index (χ0v) is 18.0. The summed E-state index contributed by atoms with van der Waals surface area (Å²) in [5.74, 6) is 0.849. The van der Waals surface area contributed by atoms with Crippen LogP contribution in [0.25, 0.3) is 11.1 Å². The van der Waals surface area contributed by atoms with Gasteiger partial charge in [-0.05, 0) is 11.6 Å². The molecule has 4 aromatic rings. The monoisotopic (exact) mass is 429 g/mol. The van der Waals surface area contributed by atoms with Gasteiger partial charge in [0.25, 0.3) is 0 Å². The lowest BCUT2D eigenvalue weighted by atomic mass is 9.97. The molecule has 0 fully saturated rings. The van der Waals surface area contributed by atoms with E-state index in [9.17, 15) is 4.79 Å². The van der Waals surface area contributed by atoms with Crippen molar-refractivity contribution in [3.05, 3.63) is 84.6 Å². The Morgan fingerprint density at radius 3 is 2.53 bits per heavy atom. The first-order valence-corrected chi connectivity index (χ1v) is 9.98. The summed E-state index contributed by atoms with van der Waals surface area (Å²) in [4.78, 5) is 22.3. The van der Waals surface area contributed by atoms with E-state index in [-0.39, 0.29) is 5.78 Å². The maximum absolute atomic E-state index is 13.8. The normalized spacial score (nSPS) is 11.6. The quantitative estimate of drug-likeness (QED) is 0.424. The Balaban J connectivity index is 1.76. The van der Waals surface area contributed by atoms with Gasteiger partial charge in [0.05, 0.1) is 32.3 Å². The Labute approximate surface area is 185 Å². The second kappa shape index (κ2) is 9.30. The Morgan fingerprint density at radius 2 is 1.84 bits per heavy atom. The highest BCUT2D eigenvalue weighted by Crippen LogP contribution is 2.30. The predicted molar refractivity (Wildman–Crippen MR) is 121 cm³/mol. The molecule has 32 heavy (non-hydrogen) atoms. The van der Waals surface area contributed by atoms with Crippen molar-refractivity contribution in [1.82, 2.24) is 19.7 Å². The number of ether oxygens (including phenoxy) is 2. The second-order valence-electron chi connectivity index (χ2n) is 7.12. The molecule has 0 aliphatic heterocycles. The number of Topliss-reactive ketones (excluding diaryl/α,β-unsaturated/α-hetero) is 1. The van der Waals surface area contributed by atoms with Crippen molar-refractivity contribution in [1.29, 1.82) is 0 Å². The summed E-state index contributed by atoms with van der Waals surface area (Å²) in [6, 6.07) is 14.3. The molecule has 0 saturated heterocycles. The largest absolute Gasteiger partial charge is 0.495 e. The van der Waals surface area contributed by atoms with E-state index in [2.05, 4.69) is 20.4 Å². The summed E-state index contributed by atoms with van der Waals surface area (Å²) in [7, 11) is 4.91. The lowest BCUT2D eigenvalue weighted by molar-refractivity contribution is 0.0964. The minimum atomic E-state index is -0.750. The first-order valence-electron chi connectivity index (χ1n) is 9.98. The van der Waals surface area contributed by atoms with E-state index in [1.807, 2.05) is 36.5 Å². The standard InChI is InChI=1S/C24H23N5O3/c1-29-15-20(16-7-5-4-6-8-16)23(28-29)24(30)22(17-9-10-21(32-3)26-12-17)27-18-11-19(31-2)14-25-13-18/h4-15,22,27H,1-3H3. The first-order chi connectivity index (χ1) is 15.6. The van der Waals surface area contributed by atoms with Gasteiger partial charge in [-0.3, -0.25) is 14.5 Å². The molecule has 162 valence electrons. The van der Waals surface area contributed by atoms with E-state index in [1.165, 1.54) is 0 Å². The van der Waals surface area contributed by atoms with Gasteiger partial charge < -0.3 is 14.8 Å². The van der Waals surface area contributed by atoms with Crippen molar-refractivity contribution < 1.29 is 14.3 Å². The summed E-state index contributed by atoms with van der Waals surface area (Å²) in [6.07, 6.45) is 6.70. The number of aromatic nitrogens is 4. The SMILES string of the molecule is COc1cncc(NC(C(=O)c2nn(C)cc2-c2ccccc2)c2ccc(OC)nc2)c1. The number of benzene rings is 1. The van der Waals surface area contributed by atoms with Gasteiger partial charge in [0.2, 0.25) is 11.7 Å². The molecule has 0 amide bonds. The summed E-state index contributed by atoms with van der Waals surface area (Å²) in [6.45, 7) is 0. The fraction of sp³-hybridized carbons (Fsp3) is 0.167. The molecular formula is C24H23N5O3. The van der Waals surface area contributed by atoms with Crippen molar-refractivity contribution in [3.63, 3.8) is 0 Å². The zero-order chi connectivity index (χ0) is 22.5. The number of carbonyl (C=O) groups is 1. The van der Waals surface area contributed by atoms with Gasteiger partial charge in [-0.2, -0.15) is 5.10 Å². The van der Waals surface area contributed by atoms with Crippen LogP contribution in [0.4, 0.5) is 5.69 Å². The number of carbonyl (C=O) groups excluding carboxylic acids is 1. The molecule has 1 unspecified atom stereocenters. The van der Waals surface area contributed by atoms with Gasteiger partial charge in [-0.25, -0.2) is 4.98 Å².